The summed E-state index contributed by atoms with van der Waals surface area (Å²) in [4.78, 5) is 0. The lowest BCUT2D eigenvalue weighted by molar-refractivity contribution is 0.173. The minimum atomic E-state index is -0.299. The number of benzene rings is 1. The summed E-state index contributed by atoms with van der Waals surface area (Å²) in [5, 5.41) is 0.807. The maximum Gasteiger partial charge on any atom is 0.0456 e. The molecule has 0 spiro atoms. The molecule has 0 bridgehead atoms. The Morgan fingerprint density at radius 1 is 1.33 bits per heavy atom. The van der Waals surface area contributed by atoms with E-state index in [-0.39, 0.29) is 5.54 Å². The SMILES string of the molecule is CCC1CCCC(C(C)(N)c2ccccc2Cl)C1. The van der Waals surface area contributed by atoms with Gasteiger partial charge in [-0.05, 0) is 43.2 Å². The van der Waals surface area contributed by atoms with Crippen LogP contribution in [0.5, 0.6) is 0 Å². The number of halogens is 1. The molecule has 1 aromatic rings. The Labute approximate surface area is 116 Å². The van der Waals surface area contributed by atoms with Crippen LogP contribution in [-0.2, 0) is 5.54 Å². The minimum Gasteiger partial charge on any atom is -0.321 e. The molecular formula is C16H24ClN. The topological polar surface area (TPSA) is 26.0 Å². The highest BCUT2D eigenvalue weighted by Gasteiger charge is 2.36. The second-order valence-electron chi connectivity index (χ2n) is 5.90. The fraction of sp³-hybridized carbons (Fsp3) is 0.625. The fourth-order valence-electron chi connectivity index (χ4n) is 3.32. The monoisotopic (exact) mass is 265 g/mol. The van der Waals surface area contributed by atoms with Crippen molar-refractivity contribution in [3.8, 4) is 0 Å². The number of rotatable bonds is 3. The first-order chi connectivity index (χ1) is 8.55. The molecule has 2 heteroatoms. The molecular weight excluding hydrogens is 242 g/mol. The maximum absolute atomic E-state index is 6.65. The van der Waals surface area contributed by atoms with Gasteiger partial charge in [-0.15, -0.1) is 0 Å². The van der Waals surface area contributed by atoms with Gasteiger partial charge in [-0.3, -0.25) is 0 Å². The van der Waals surface area contributed by atoms with Crippen molar-refractivity contribution in [2.75, 3.05) is 0 Å². The number of nitrogens with two attached hydrogens (primary N) is 1. The average molecular weight is 266 g/mol. The van der Waals surface area contributed by atoms with E-state index in [4.69, 9.17) is 17.3 Å². The smallest absolute Gasteiger partial charge is 0.0456 e. The van der Waals surface area contributed by atoms with Gasteiger partial charge < -0.3 is 5.73 Å². The van der Waals surface area contributed by atoms with E-state index in [2.05, 4.69) is 19.9 Å². The van der Waals surface area contributed by atoms with E-state index in [1.54, 1.807) is 0 Å². The van der Waals surface area contributed by atoms with Gasteiger partial charge >= 0.3 is 0 Å². The summed E-state index contributed by atoms with van der Waals surface area (Å²) >= 11 is 6.32. The normalized spacial score (nSPS) is 27.8. The Balaban J connectivity index is 2.22. The molecule has 18 heavy (non-hydrogen) atoms. The molecule has 0 aromatic heterocycles. The second kappa shape index (κ2) is 5.63. The number of hydrogen-bond acceptors (Lipinski definition) is 1. The lowest BCUT2D eigenvalue weighted by atomic mass is 9.69. The molecule has 1 aliphatic carbocycles. The van der Waals surface area contributed by atoms with Crippen LogP contribution in [0.1, 0.15) is 51.5 Å². The van der Waals surface area contributed by atoms with Crippen LogP contribution in [0.4, 0.5) is 0 Å². The van der Waals surface area contributed by atoms with Gasteiger partial charge in [0.05, 0.1) is 0 Å². The van der Waals surface area contributed by atoms with E-state index in [9.17, 15) is 0 Å². The van der Waals surface area contributed by atoms with Crippen LogP contribution in [0, 0.1) is 11.8 Å². The van der Waals surface area contributed by atoms with Crippen LogP contribution in [0.2, 0.25) is 5.02 Å². The van der Waals surface area contributed by atoms with E-state index < -0.39 is 0 Å². The number of hydrogen-bond donors (Lipinski definition) is 1. The van der Waals surface area contributed by atoms with Crippen LogP contribution in [0.15, 0.2) is 24.3 Å². The highest BCUT2D eigenvalue weighted by molar-refractivity contribution is 6.31. The van der Waals surface area contributed by atoms with Crippen molar-refractivity contribution in [1.82, 2.24) is 0 Å². The first-order valence-corrected chi connectivity index (χ1v) is 7.47. The Bertz CT molecular complexity index is 400. The molecule has 1 aliphatic rings. The second-order valence-corrected chi connectivity index (χ2v) is 6.31. The summed E-state index contributed by atoms with van der Waals surface area (Å²) in [6.07, 6.45) is 6.42. The standard InChI is InChI=1S/C16H24ClN/c1-3-12-7-6-8-13(11-12)16(2,18)14-9-4-5-10-15(14)17/h4-5,9-10,12-13H,3,6-8,11,18H2,1-2H3. The zero-order valence-electron chi connectivity index (χ0n) is 11.5. The molecule has 2 rings (SSSR count). The molecule has 0 aliphatic heterocycles. The van der Waals surface area contributed by atoms with Crippen molar-refractivity contribution in [3.05, 3.63) is 34.9 Å². The van der Waals surface area contributed by atoms with E-state index in [0.29, 0.717) is 5.92 Å². The molecule has 0 radical (unpaired) electrons. The van der Waals surface area contributed by atoms with Crippen molar-refractivity contribution in [2.45, 2.75) is 51.5 Å². The lowest BCUT2D eigenvalue weighted by Gasteiger charge is -2.40. The Kier molecular flexibility index (Phi) is 4.34. The molecule has 100 valence electrons. The van der Waals surface area contributed by atoms with Gasteiger partial charge in [-0.2, -0.15) is 0 Å². The zero-order chi connectivity index (χ0) is 13.2. The van der Waals surface area contributed by atoms with Gasteiger partial charge in [0.2, 0.25) is 0 Å². The predicted molar refractivity (Wildman–Crippen MR) is 78.7 cm³/mol. The van der Waals surface area contributed by atoms with Gasteiger partial charge in [-0.25, -0.2) is 0 Å². The summed E-state index contributed by atoms with van der Waals surface area (Å²) in [7, 11) is 0. The molecule has 1 saturated carbocycles. The summed E-state index contributed by atoms with van der Waals surface area (Å²) in [6, 6.07) is 8.03. The Hall–Kier alpha value is -0.530. The van der Waals surface area contributed by atoms with Gasteiger partial charge in [-0.1, -0.05) is 56.0 Å². The molecule has 0 saturated heterocycles. The van der Waals surface area contributed by atoms with Crippen LogP contribution in [-0.4, -0.2) is 0 Å². The quantitative estimate of drug-likeness (QED) is 0.840. The van der Waals surface area contributed by atoms with Crippen molar-refractivity contribution in [1.29, 1.82) is 0 Å². The third-order valence-corrected chi connectivity index (χ3v) is 4.99. The molecule has 3 unspecified atom stereocenters. The molecule has 0 heterocycles. The molecule has 1 fully saturated rings. The maximum atomic E-state index is 6.65. The highest BCUT2D eigenvalue weighted by atomic mass is 35.5. The van der Waals surface area contributed by atoms with Gasteiger partial charge in [0, 0.05) is 10.6 Å². The van der Waals surface area contributed by atoms with Crippen molar-refractivity contribution >= 4 is 11.6 Å². The zero-order valence-corrected chi connectivity index (χ0v) is 12.2. The van der Waals surface area contributed by atoms with Crippen LogP contribution in [0.25, 0.3) is 0 Å². The van der Waals surface area contributed by atoms with Crippen molar-refractivity contribution < 1.29 is 0 Å². The van der Waals surface area contributed by atoms with Crippen LogP contribution >= 0.6 is 11.6 Å². The third-order valence-electron chi connectivity index (χ3n) is 4.66. The minimum absolute atomic E-state index is 0.299. The van der Waals surface area contributed by atoms with Crippen LogP contribution in [0.3, 0.4) is 0 Å². The molecule has 2 N–H and O–H groups in total. The van der Waals surface area contributed by atoms with Crippen LogP contribution < -0.4 is 5.73 Å². The van der Waals surface area contributed by atoms with Crippen molar-refractivity contribution in [2.24, 2.45) is 17.6 Å². The highest BCUT2D eigenvalue weighted by Crippen LogP contribution is 2.42. The third kappa shape index (κ3) is 2.73. The Morgan fingerprint density at radius 3 is 2.72 bits per heavy atom. The van der Waals surface area contributed by atoms with Gasteiger partial charge in [0.1, 0.15) is 0 Å². The summed E-state index contributed by atoms with van der Waals surface area (Å²) in [5.74, 6) is 1.39. The largest absolute Gasteiger partial charge is 0.321 e. The average Bonchev–Trinajstić information content (AvgIpc) is 2.39. The fourth-order valence-corrected chi connectivity index (χ4v) is 3.66. The summed E-state index contributed by atoms with van der Waals surface area (Å²) < 4.78 is 0. The lowest BCUT2D eigenvalue weighted by Crippen LogP contribution is -2.43. The van der Waals surface area contributed by atoms with Crippen molar-refractivity contribution in [3.63, 3.8) is 0 Å². The van der Waals surface area contributed by atoms with E-state index in [1.165, 1.54) is 32.1 Å². The molecule has 3 atom stereocenters. The molecule has 1 aromatic carbocycles. The first kappa shape index (κ1) is 13.9. The van der Waals surface area contributed by atoms with E-state index in [0.717, 1.165) is 16.5 Å². The molecule has 0 amide bonds. The van der Waals surface area contributed by atoms with E-state index >= 15 is 0 Å². The van der Waals surface area contributed by atoms with Gasteiger partial charge in [0.25, 0.3) is 0 Å². The predicted octanol–water partition coefficient (Wildman–Crippen LogP) is 4.73. The van der Waals surface area contributed by atoms with E-state index in [1.807, 2.05) is 18.2 Å². The summed E-state index contributed by atoms with van der Waals surface area (Å²) in [5.41, 5.74) is 7.45. The molecule has 1 nitrogen and oxygen atoms in total. The Morgan fingerprint density at radius 2 is 2.06 bits per heavy atom. The summed E-state index contributed by atoms with van der Waals surface area (Å²) in [6.45, 7) is 4.44. The first-order valence-electron chi connectivity index (χ1n) is 7.09. The van der Waals surface area contributed by atoms with Gasteiger partial charge in [0.15, 0.2) is 0 Å².